The second kappa shape index (κ2) is 10.1. The number of amidine groups is 1. The van der Waals surface area contributed by atoms with Gasteiger partial charge in [0.2, 0.25) is 0 Å². The van der Waals surface area contributed by atoms with E-state index < -0.39 is 11.4 Å². The molecule has 2 aliphatic carbocycles. The lowest BCUT2D eigenvalue weighted by Gasteiger charge is -2.41. The molecule has 1 unspecified atom stereocenters. The van der Waals surface area contributed by atoms with E-state index in [0.29, 0.717) is 31.7 Å². The third-order valence-electron chi connectivity index (χ3n) is 8.38. The molecule has 2 amide bonds. The van der Waals surface area contributed by atoms with Crippen LogP contribution in [-0.2, 0) is 25.7 Å². The molecule has 0 aromatic heterocycles. The zero-order chi connectivity index (χ0) is 25.2. The maximum Gasteiger partial charge on any atom is 0.328 e. The molecule has 3 fully saturated rings. The monoisotopic (exact) mass is 484 g/mol. The summed E-state index contributed by atoms with van der Waals surface area (Å²) in [5.74, 6) is -0.700. The molecule has 35 heavy (non-hydrogen) atoms. The molecule has 2 saturated carbocycles. The van der Waals surface area contributed by atoms with Gasteiger partial charge in [0.1, 0.15) is 18.9 Å². The maximum atomic E-state index is 14.2. The lowest BCUT2D eigenvalue weighted by molar-refractivity contribution is -0.885. The van der Waals surface area contributed by atoms with Crippen LogP contribution < -0.4 is 11.5 Å². The Bertz CT molecular complexity index is 990. The van der Waals surface area contributed by atoms with Gasteiger partial charge in [-0.15, -0.1) is 0 Å². The number of carbonyl (C=O) groups excluding carboxylic acids is 3. The fourth-order valence-corrected chi connectivity index (χ4v) is 6.47. The fourth-order valence-electron chi connectivity index (χ4n) is 6.47. The quantitative estimate of drug-likeness (QED) is 0.200. The fraction of sp³-hybridized carbons (Fsp3) is 0.615. The number of amides is 2. The van der Waals surface area contributed by atoms with Crippen molar-refractivity contribution in [3.8, 4) is 0 Å². The van der Waals surface area contributed by atoms with Crippen LogP contribution >= 0.6 is 0 Å². The van der Waals surface area contributed by atoms with Crippen molar-refractivity contribution in [1.82, 2.24) is 4.90 Å². The summed E-state index contributed by atoms with van der Waals surface area (Å²) in [4.78, 5) is 41.4. The summed E-state index contributed by atoms with van der Waals surface area (Å²) in [6.45, 7) is 3.15. The molecule has 4 rings (SSSR count). The Morgan fingerprint density at radius 1 is 1.09 bits per heavy atom. The molecule has 0 bridgehead atoms. The number of fused-ring (bicyclic) bond motifs is 1. The molecule has 3 aliphatic rings. The molecule has 1 aromatic carbocycles. The van der Waals surface area contributed by atoms with E-state index in [9.17, 15) is 14.4 Å². The van der Waals surface area contributed by atoms with Gasteiger partial charge >= 0.3 is 11.9 Å². The lowest BCUT2D eigenvalue weighted by Crippen LogP contribution is -2.65. The Kier molecular flexibility index (Phi) is 7.28. The van der Waals surface area contributed by atoms with Crippen molar-refractivity contribution in [3.05, 3.63) is 35.4 Å². The smallest absolute Gasteiger partial charge is 0.328 e. The van der Waals surface area contributed by atoms with Crippen LogP contribution in [0.3, 0.4) is 0 Å². The van der Waals surface area contributed by atoms with Gasteiger partial charge in [0.25, 0.3) is 5.91 Å². The van der Waals surface area contributed by atoms with Crippen molar-refractivity contribution >= 4 is 23.6 Å². The van der Waals surface area contributed by atoms with Crippen molar-refractivity contribution in [2.24, 2.45) is 17.4 Å². The number of carbonyl (C=O) groups is 3. The Labute approximate surface area is 206 Å². The zero-order valence-electron chi connectivity index (χ0n) is 20.6. The summed E-state index contributed by atoms with van der Waals surface area (Å²) in [5, 5.41) is 7.64. The van der Waals surface area contributed by atoms with Gasteiger partial charge in [-0.2, -0.15) is 0 Å². The topological polar surface area (TPSA) is 140 Å². The summed E-state index contributed by atoms with van der Waals surface area (Å²) in [5.41, 5.74) is 12.2. The molecular weight excluding hydrogens is 446 g/mol. The number of likely N-dealkylation sites (tertiary alicyclic amines) is 1. The Morgan fingerprint density at radius 3 is 2.34 bits per heavy atom. The minimum atomic E-state index is -0.876. The summed E-state index contributed by atoms with van der Waals surface area (Å²) in [6.07, 6.45) is 6.62. The van der Waals surface area contributed by atoms with Crippen LogP contribution in [0.2, 0.25) is 0 Å². The number of piperidine rings is 1. The number of hydrogen-bond donors (Lipinski definition) is 3. The summed E-state index contributed by atoms with van der Waals surface area (Å²) < 4.78 is 5.21. The highest BCUT2D eigenvalue weighted by atomic mass is 16.5. The second-order valence-corrected chi connectivity index (χ2v) is 10.3. The van der Waals surface area contributed by atoms with Crippen molar-refractivity contribution in [3.63, 3.8) is 0 Å². The van der Waals surface area contributed by atoms with Gasteiger partial charge in [0.15, 0.2) is 5.54 Å². The molecule has 190 valence electrons. The maximum absolute atomic E-state index is 14.2. The SMILES string of the molecule is CCOC(=O)CN(CC(=O)[N+]1(Cc2ccc(C(=N)N)cc2)CC[C@@H]2C[C@@]21C(N)=O)C1CCCCC1. The number of ether oxygens (including phenoxy) is 1. The molecule has 3 atom stereocenters. The van der Waals surface area contributed by atoms with Gasteiger partial charge in [-0.3, -0.25) is 19.9 Å². The molecule has 1 saturated heterocycles. The molecular formula is C26H38N5O4+. The predicted octanol–water partition coefficient (Wildman–Crippen LogP) is 1.66. The van der Waals surface area contributed by atoms with Gasteiger partial charge < -0.3 is 16.2 Å². The minimum absolute atomic E-state index is 0.00152. The number of nitrogens with zero attached hydrogens (tertiary/aromatic N) is 2. The van der Waals surface area contributed by atoms with Gasteiger partial charge in [0.05, 0.1) is 19.7 Å². The first-order chi connectivity index (χ1) is 16.7. The molecule has 5 N–H and O–H groups in total. The normalized spacial score (nSPS) is 27.9. The van der Waals surface area contributed by atoms with E-state index in [2.05, 4.69) is 0 Å². The van der Waals surface area contributed by atoms with Crippen LogP contribution in [0, 0.1) is 11.3 Å². The summed E-state index contributed by atoms with van der Waals surface area (Å²) in [6, 6.07) is 7.42. The van der Waals surface area contributed by atoms with Crippen LogP contribution in [0.25, 0.3) is 0 Å². The largest absolute Gasteiger partial charge is 0.465 e. The summed E-state index contributed by atoms with van der Waals surface area (Å²) >= 11 is 0. The number of esters is 1. The Morgan fingerprint density at radius 2 is 1.77 bits per heavy atom. The Hall–Kier alpha value is -2.78. The van der Waals surface area contributed by atoms with E-state index >= 15 is 0 Å². The molecule has 1 aliphatic heterocycles. The number of rotatable bonds is 10. The molecule has 1 aromatic rings. The van der Waals surface area contributed by atoms with Crippen molar-refractivity contribution < 1.29 is 23.6 Å². The van der Waals surface area contributed by atoms with Gasteiger partial charge in [-0.25, -0.2) is 9.28 Å². The van der Waals surface area contributed by atoms with E-state index in [1.807, 2.05) is 17.0 Å². The van der Waals surface area contributed by atoms with Crippen LogP contribution in [-0.4, -0.2) is 70.8 Å². The highest BCUT2D eigenvalue weighted by molar-refractivity contribution is 5.95. The highest BCUT2D eigenvalue weighted by Gasteiger charge is 2.78. The molecule has 9 heteroatoms. The first kappa shape index (κ1) is 25.3. The first-order valence-corrected chi connectivity index (χ1v) is 12.8. The number of quaternary nitrogens is 1. The standard InChI is InChI=1S/C26H37N5O4/c1-2-35-23(33)16-30(21-6-4-3-5-7-21)15-22(32)31(13-12-20-14-26(20,31)25(29)34)17-18-8-10-19(11-9-18)24(27)28/h8-11,20-21H,2-7,12-17H2,1H3,(H4-,27,28,29,34)/p+1/t20-,26+,31?/m1/s1. The van der Waals surface area contributed by atoms with Gasteiger partial charge in [0, 0.05) is 35.9 Å². The van der Waals surface area contributed by atoms with Crippen LogP contribution in [0.1, 0.15) is 63.0 Å². The van der Waals surface area contributed by atoms with E-state index in [0.717, 1.165) is 37.7 Å². The van der Waals surface area contributed by atoms with Crippen LogP contribution in [0.15, 0.2) is 24.3 Å². The second-order valence-electron chi connectivity index (χ2n) is 10.3. The van der Waals surface area contributed by atoms with Crippen LogP contribution in [0.5, 0.6) is 0 Å². The number of primary amides is 1. The number of hydrogen-bond acceptors (Lipinski definition) is 6. The molecule has 1 heterocycles. The molecule has 9 nitrogen and oxygen atoms in total. The van der Waals surface area contributed by atoms with E-state index in [1.54, 1.807) is 19.1 Å². The number of nitrogens with two attached hydrogens (primary N) is 2. The first-order valence-electron chi connectivity index (χ1n) is 12.8. The zero-order valence-corrected chi connectivity index (χ0v) is 20.6. The Balaban J connectivity index is 1.63. The molecule has 0 spiro atoms. The predicted molar refractivity (Wildman–Crippen MR) is 131 cm³/mol. The van der Waals surface area contributed by atoms with Crippen molar-refractivity contribution in [2.75, 3.05) is 26.2 Å². The van der Waals surface area contributed by atoms with Crippen molar-refractivity contribution in [2.45, 2.75) is 70.0 Å². The van der Waals surface area contributed by atoms with Crippen LogP contribution in [0.4, 0.5) is 0 Å². The number of nitrogens with one attached hydrogen (secondary N) is 1. The third-order valence-corrected chi connectivity index (χ3v) is 8.38. The number of benzene rings is 1. The van der Waals surface area contributed by atoms with Gasteiger partial charge in [-0.05, 0) is 19.8 Å². The van der Waals surface area contributed by atoms with E-state index in [1.165, 1.54) is 6.42 Å². The summed E-state index contributed by atoms with van der Waals surface area (Å²) in [7, 11) is 0. The van der Waals surface area contributed by atoms with E-state index in [-0.39, 0.29) is 47.2 Å². The van der Waals surface area contributed by atoms with E-state index in [4.69, 9.17) is 21.6 Å². The third kappa shape index (κ3) is 4.71. The number of nitrogen functional groups attached to an aromatic ring is 1. The average Bonchev–Trinajstić information content (AvgIpc) is 3.51. The van der Waals surface area contributed by atoms with Crippen molar-refractivity contribution in [1.29, 1.82) is 5.41 Å². The lowest BCUT2D eigenvalue weighted by atomic mass is 9.94. The molecule has 0 radical (unpaired) electrons. The highest BCUT2D eigenvalue weighted by Crippen LogP contribution is 2.60. The minimum Gasteiger partial charge on any atom is -0.465 e. The average molecular weight is 485 g/mol. The van der Waals surface area contributed by atoms with Gasteiger partial charge in [-0.1, -0.05) is 43.5 Å².